The SMILES string of the molecule is NC(=Nc1cccc(Cl)c1)N1CCN(C(=O)[C@](O)(c2ccccc2)C2CCCC2)CC1. The highest BCUT2D eigenvalue weighted by molar-refractivity contribution is 6.30. The quantitative estimate of drug-likeness (QED) is 0.563. The van der Waals surface area contributed by atoms with Crippen LogP contribution in [0.4, 0.5) is 5.69 Å². The zero-order chi connectivity index (χ0) is 21.8. The molecule has 7 heteroatoms. The first kappa shape index (κ1) is 21.7. The van der Waals surface area contributed by atoms with E-state index in [4.69, 9.17) is 17.3 Å². The van der Waals surface area contributed by atoms with E-state index in [1.54, 1.807) is 17.0 Å². The number of guanidine groups is 1. The van der Waals surface area contributed by atoms with E-state index in [0.717, 1.165) is 25.7 Å². The van der Waals surface area contributed by atoms with Gasteiger partial charge in [0.1, 0.15) is 0 Å². The van der Waals surface area contributed by atoms with Crippen LogP contribution in [0.1, 0.15) is 31.2 Å². The smallest absolute Gasteiger partial charge is 0.259 e. The Morgan fingerprint density at radius 1 is 1.00 bits per heavy atom. The molecule has 1 aliphatic heterocycles. The number of aliphatic imine (C=N–C) groups is 1. The second-order valence-electron chi connectivity index (χ2n) is 8.34. The van der Waals surface area contributed by atoms with E-state index in [9.17, 15) is 9.90 Å². The van der Waals surface area contributed by atoms with Crippen LogP contribution in [0.15, 0.2) is 59.6 Å². The Kier molecular flexibility index (Phi) is 6.49. The second-order valence-corrected chi connectivity index (χ2v) is 8.78. The summed E-state index contributed by atoms with van der Waals surface area (Å²) in [6.45, 7) is 2.12. The van der Waals surface area contributed by atoms with Crippen LogP contribution in [0.25, 0.3) is 0 Å². The van der Waals surface area contributed by atoms with E-state index in [0.29, 0.717) is 48.4 Å². The average molecular weight is 441 g/mol. The van der Waals surface area contributed by atoms with Crippen LogP contribution in [0.2, 0.25) is 5.02 Å². The number of carbonyl (C=O) groups excluding carboxylic acids is 1. The Morgan fingerprint density at radius 3 is 2.29 bits per heavy atom. The average Bonchev–Trinajstić information content (AvgIpc) is 3.34. The third-order valence-corrected chi connectivity index (χ3v) is 6.66. The molecule has 2 aliphatic rings. The molecule has 2 aromatic rings. The third-order valence-electron chi connectivity index (χ3n) is 6.43. The maximum atomic E-state index is 13.6. The molecule has 1 saturated carbocycles. The lowest BCUT2D eigenvalue weighted by Crippen LogP contribution is -2.58. The zero-order valence-corrected chi connectivity index (χ0v) is 18.3. The van der Waals surface area contributed by atoms with Gasteiger partial charge in [-0.3, -0.25) is 4.79 Å². The molecule has 0 unspecified atom stereocenters. The van der Waals surface area contributed by atoms with Gasteiger partial charge in [0.15, 0.2) is 11.6 Å². The van der Waals surface area contributed by atoms with Crippen LogP contribution in [0, 0.1) is 5.92 Å². The van der Waals surface area contributed by atoms with Gasteiger partial charge in [-0.25, -0.2) is 4.99 Å². The van der Waals surface area contributed by atoms with Crippen LogP contribution in [0.5, 0.6) is 0 Å². The van der Waals surface area contributed by atoms with Crippen molar-refractivity contribution >= 4 is 29.2 Å². The molecule has 3 N–H and O–H groups in total. The van der Waals surface area contributed by atoms with Gasteiger partial charge in [-0.15, -0.1) is 0 Å². The maximum Gasteiger partial charge on any atom is 0.259 e. The van der Waals surface area contributed by atoms with Crippen molar-refractivity contribution < 1.29 is 9.90 Å². The summed E-state index contributed by atoms with van der Waals surface area (Å²) in [7, 11) is 0. The van der Waals surface area contributed by atoms with Crippen molar-refractivity contribution in [2.75, 3.05) is 26.2 Å². The lowest BCUT2D eigenvalue weighted by Gasteiger charge is -2.41. The summed E-state index contributed by atoms with van der Waals surface area (Å²) >= 11 is 6.02. The Bertz CT molecular complexity index is 938. The van der Waals surface area contributed by atoms with Crippen molar-refractivity contribution in [3.63, 3.8) is 0 Å². The normalized spacial score (nSPS) is 20.0. The van der Waals surface area contributed by atoms with E-state index >= 15 is 0 Å². The topological polar surface area (TPSA) is 82.2 Å². The highest BCUT2D eigenvalue weighted by atomic mass is 35.5. The number of nitrogens with two attached hydrogens (primary N) is 1. The number of amides is 1. The molecule has 1 heterocycles. The molecule has 6 nitrogen and oxygen atoms in total. The van der Waals surface area contributed by atoms with Gasteiger partial charge in [-0.05, 0) is 36.6 Å². The van der Waals surface area contributed by atoms with Gasteiger partial charge in [0.05, 0.1) is 5.69 Å². The molecule has 0 spiro atoms. The summed E-state index contributed by atoms with van der Waals surface area (Å²) in [4.78, 5) is 21.8. The molecular formula is C24H29ClN4O2. The zero-order valence-electron chi connectivity index (χ0n) is 17.6. The molecule has 1 amide bonds. The molecule has 31 heavy (non-hydrogen) atoms. The fraction of sp³-hybridized carbons (Fsp3) is 0.417. The van der Waals surface area contributed by atoms with Crippen LogP contribution < -0.4 is 5.73 Å². The number of piperazine rings is 1. The van der Waals surface area contributed by atoms with E-state index < -0.39 is 5.60 Å². The number of benzene rings is 2. The molecule has 1 aliphatic carbocycles. The number of carbonyl (C=O) groups is 1. The van der Waals surface area contributed by atoms with Crippen molar-refractivity contribution in [1.29, 1.82) is 0 Å². The fourth-order valence-electron chi connectivity index (χ4n) is 4.70. The van der Waals surface area contributed by atoms with Gasteiger partial charge in [-0.1, -0.05) is 60.8 Å². The van der Waals surface area contributed by atoms with Crippen LogP contribution in [-0.2, 0) is 10.4 Å². The summed E-state index contributed by atoms with van der Waals surface area (Å²) in [5.41, 5.74) is 6.13. The summed E-state index contributed by atoms with van der Waals surface area (Å²) in [5, 5.41) is 12.3. The van der Waals surface area contributed by atoms with Crippen LogP contribution in [-0.4, -0.2) is 53.0 Å². The van der Waals surface area contributed by atoms with Crippen molar-refractivity contribution in [2.45, 2.75) is 31.3 Å². The molecule has 0 aromatic heterocycles. The highest BCUT2D eigenvalue weighted by Gasteiger charge is 2.48. The third kappa shape index (κ3) is 4.55. The van der Waals surface area contributed by atoms with Crippen molar-refractivity contribution in [3.05, 3.63) is 65.2 Å². The van der Waals surface area contributed by atoms with E-state index in [2.05, 4.69) is 4.99 Å². The van der Waals surface area contributed by atoms with Gasteiger partial charge in [0.25, 0.3) is 5.91 Å². The molecule has 164 valence electrons. The van der Waals surface area contributed by atoms with Gasteiger partial charge < -0.3 is 20.6 Å². The number of hydrogen-bond donors (Lipinski definition) is 2. The Morgan fingerprint density at radius 2 is 1.65 bits per heavy atom. The van der Waals surface area contributed by atoms with Gasteiger partial charge in [0.2, 0.25) is 0 Å². The summed E-state index contributed by atoms with van der Waals surface area (Å²) in [6.07, 6.45) is 3.85. The Hall–Kier alpha value is -2.57. The fourth-order valence-corrected chi connectivity index (χ4v) is 4.88. The van der Waals surface area contributed by atoms with Crippen LogP contribution in [0.3, 0.4) is 0 Å². The molecule has 0 bridgehead atoms. The van der Waals surface area contributed by atoms with Gasteiger partial charge in [-0.2, -0.15) is 0 Å². The monoisotopic (exact) mass is 440 g/mol. The maximum absolute atomic E-state index is 13.6. The largest absolute Gasteiger partial charge is 0.375 e. The van der Waals surface area contributed by atoms with Crippen molar-refractivity contribution in [2.24, 2.45) is 16.6 Å². The first-order valence-corrected chi connectivity index (χ1v) is 11.3. The standard InChI is InChI=1S/C24H29ClN4O2/c25-20-11-6-12-21(17-20)27-23(26)29-15-13-28(14-16-29)22(30)24(31,19-9-4-5-10-19)18-7-2-1-3-8-18/h1-3,6-8,11-12,17,19,31H,4-5,9-10,13-16H2,(H2,26,27)/t24-/m0/s1. The summed E-state index contributed by atoms with van der Waals surface area (Å²) in [5.74, 6) is 0.161. The predicted molar refractivity (Wildman–Crippen MR) is 123 cm³/mol. The van der Waals surface area contributed by atoms with Crippen LogP contribution >= 0.6 is 11.6 Å². The molecule has 0 radical (unpaired) electrons. The Labute approximate surface area is 188 Å². The van der Waals surface area contributed by atoms with Gasteiger partial charge >= 0.3 is 0 Å². The first-order chi connectivity index (χ1) is 15.0. The minimum atomic E-state index is -1.47. The molecular weight excluding hydrogens is 412 g/mol. The minimum absolute atomic E-state index is 0.0464. The lowest BCUT2D eigenvalue weighted by molar-refractivity contribution is -0.160. The van der Waals surface area contributed by atoms with Gasteiger partial charge in [0, 0.05) is 37.1 Å². The second kappa shape index (κ2) is 9.28. The van der Waals surface area contributed by atoms with E-state index in [1.807, 2.05) is 47.4 Å². The number of nitrogens with zero attached hydrogens (tertiary/aromatic N) is 3. The lowest BCUT2D eigenvalue weighted by atomic mass is 9.79. The molecule has 2 aromatic carbocycles. The van der Waals surface area contributed by atoms with E-state index in [1.165, 1.54) is 0 Å². The number of halogens is 1. The predicted octanol–water partition coefficient (Wildman–Crippen LogP) is 3.51. The molecule has 1 saturated heterocycles. The first-order valence-electron chi connectivity index (χ1n) is 10.9. The number of hydrogen-bond acceptors (Lipinski definition) is 3. The Balaban J connectivity index is 1.47. The highest BCUT2D eigenvalue weighted by Crippen LogP contribution is 2.42. The number of aliphatic hydroxyl groups is 1. The van der Waals surface area contributed by atoms with E-state index in [-0.39, 0.29) is 11.8 Å². The molecule has 4 rings (SSSR count). The van der Waals surface area contributed by atoms with Crippen molar-refractivity contribution in [1.82, 2.24) is 9.80 Å². The molecule has 2 fully saturated rings. The summed E-state index contributed by atoms with van der Waals surface area (Å²) in [6, 6.07) is 16.6. The van der Waals surface area contributed by atoms with Crippen molar-refractivity contribution in [3.8, 4) is 0 Å². The number of rotatable bonds is 4. The minimum Gasteiger partial charge on any atom is -0.375 e. The summed E-state index contributed by atoms with van der Waals surface area (Å²) < 4.78 is 0. The molecule has 1 atom stereocenters.